The van der Waals surface area contributed by atoms with E-state index in [0.29, 0.717) is 12.2 Å². The van der Waals surface area contributed by atoms with Crippen LogP contribution in [-0.2, 0) is 6.54 Å². The fourth-order valence-electron chi connectivity index (χ4n) is 2.90. The van der Waals surface area contributed by atoms with Gasteiger partial charge in [-0.25, -0.2) is 0 Å². The lowest BCUT2D eigenvalue weighted by molar-refractivity contribution is 0.0975. The lowest BCUT2D eigenvalue weighted by Gasteiger charge is -2.21. The SMILES string of the molecule is COc1ccc(-n2nnc(C(=O)N(Cc3ccccc3)c3ccccc3)n2)cc1. The van der Waals surface area contributed by atoms with Crippen LogP contribution in [0.25, 0.3) is 5.69 Å². The summed E-state index contributed by atoms with van der Waals surface area (Å²) in [6.45, 7) is 0.404. The second-order valence-electron chi connectivity index (χ2n) is 6.31. The fourth-order valence-corrected chi connectivity index (χ4v) is 2.90. The molecule has 1 amide bonds. The molecular weight excluding hydrogens is 366 g/mol. The second-order valence-corrected chi connectivity index (χ2v) is 6.31. The Hall–Kier alpha value is -4.00. The molecule has 0 unspecified atom stereocenters. The molecule has 0 bridgehead atoms. The Morgan fingerprint density at radius 1 is 0.931 bits per heavy atom. The summed E-state index contributed by atoms with van der Waals surface area (Å²) in [5.74, 6) is 0.434. The minimum Gasteiger partial charge on any atom is -0.497 e. The number of hydrogen-bond acceptors (Lipinski definition) is 5. The van der Waals surface area contributed by atoms with Gasteiger partial charge in [0.25, 0.3) is 11.7 Å². The number of para-hydroxylation sites is 1. The molecule has 0 spiro atoms. The Bertz CT molecular complexity index is 1080. The van der Waals surface area contributed by atoms with Crippen LogP contribution in [0.3, 0.4) is 0 Å². The molecule has 0 N–H and O–H groups in total. The number of hydrogen-bond donors (Lipinski definition) is 0. The summed E-state index contributed by atoms with van der Waals surface area (Å²) in [6.07, 6.45) is 0. The van der Waals surface area contributed by atoms with Gasteiger partial charge in [-0.15, -0.1) is 15.0 Å². The highest BCUT2D eigenvalue weighted by Crippen LogP contribution is 2.19. The zero-order valence-electron chi connectivity index (χ0n) is 15.8. The standard InChI is InChI=1S/C22H19N5O2/c1-29-20-14-12-19(13-15-20)27-24-21(23-25-27)22(28)26(18-10-6-3-7-11-18)16-17-8-4-2-5-9-17/h2-15H,16H2,1H3. The molecule has 0 atom stereocenters. The van der Waals surface area contributed by atoms with Crippen molar-refractivity contribution in [3.63, 3.8) is 0 Å². The minimum absolute atomic E-state index is 0.0283. The molecule has 0 aliphatic rings. The fraction of sp³-hybridized carbons (Fsp3) is 0.0909. The highest BCUT2D eigenvalue weighted by atomic mass is 16.5. The summed E-state index contributed by atoms with van der Waals surface area (Å²) < 4.78 is 5.16. The van der Waals surface area contributed by atoms with Crippen molar-refractivity contribution in [1.82, 2.24) is 20.2 Å². The number of aromatic nitrogens is 4. The Morgan fingerprint density at radius 2 is 1.59 bits per heavy atom. The number of anilines is 1. The monoisotopic (exact) mass is 385 g/mol. The molecule has 0 radical (unpaired) electrons. The van der Waals surface area contributed by atoms with E-state index >= 15 is 0 Å². The summed E-state index contributed by atoms with van der Waals surface area (Å²) in [5, 5.41) is 12.3. The molecule has 0 saturated carbocycles. The van der Waals surface area contributed by atoms with E-state index < -0.39 is 0 Å². The lowest BCUT2D eigenvalue weighted by Crippen LogP contribution is -2.31. The predicted octanol–water partition coefficient (Wildman–Crippen LogP) is 3.52. The second kappa shape index (κ2) is 8.35. The third-order valence-electron chi connectivity index (χ3n) is 4.40. The van der Waals surface area contributed by atoms with Gasteiger partial charge in [0, 0.05) is 5.69 Å². The zero-order chi connectivity index (χ0) is 20.1. The number of carbonyl (C=O) groups is 1. The Balaban J connectivity index is 1.63. The summed E-state index contributed by atoms with van der Waals surface area (Å²) in [6, 6.07) is 26.4. The normalized spacial score (nSPS) is 10.5. The maximum absolute atomic E-state index is 13.2. The molecule has 3 aromatic carbocycles. The highest BCUT2D eigenvalue weighted by molar-refractivity contribution is 6.03. The average Bonchev–Trinajstić information content (AvgIpc) is 3.29. The summed E-state index contributed by atoms with van der Waals surface area (Å²) in [5.41, 5.74) is 2.46. The van der Waals surface area contributed by atoms with Crippen LogP contribution in [0.4, 0.5) is 5.69 Å². The lowest BCUT2D eigenvalue weighted by atomic mass is 10.2. The van der Waals surface area contributed by atoms with E-state index in [9.17, 15) is 4.79 Å². The molecule has 1 heterocycles. The van der Waals surface area contributed by atoms with E-state index in [1.165, 1.54) is 4.80 Å². The van der Waals surface area contributed by atoms with E-state index in [0.717, 1.165) is 17.0 Å². The van der Waals surface area contributed by atoms with Crippen LogP contribution >= 0.6 is 0 Å². The van der Waals surface area contributed by atoms with E-state index in [1.54, 1.807) is 36.3 Å². The molecule has 7 nitrogen and oxygen atoms in total. The van der Waals surface area contributed by atoms with Crippen LogP contribution in [0.1, 0.15) is 16.2 Å². The van der Waals surface area contributed by atoms with E-state index in [4.69, 9.17) is 4.74 Å². The van der Waals surface area contributed by atoms with Crippen molar-refractivity contribution in [2.45, 2.75) is 6.54 Å². The van der Waals surface area contributed by atoms with Crippen molar-refractivity contribution in [3.05, 3.63) is 96.3 Å². The number of rotatable bonds is 6. The number of methoxy groups -OCH3 is 1. The van der Waals surface area contributed by atoms with Gasteiger partial charge in [0.05, 0.1) is 19.3 Å². The van der Waals surface area contributed by atoms with Crippen LogP contribution in [0.2, 0.25) is 0 Å². The Labute approximate surface area is 168 Å². The van der Waals surface area contributed by atoms with Gasteiger partial charge in [-0.2, -0.15) is 0 Å². The summed E-state index contributed by atoms with van der Waals surface area (Å²) >= 11 is 0. The predicted molar refractivity (Wildman–Crippen MR) is 109 cm³/mol. The largest absolute Gasteiger partial charge is 0.497 e. The maximum Gasteiger partial charge on any atom is 0.300 e. The van der Waals surface area contributed by atoms with E-state index in [1.807, 2.05) is 60.7 Å². The van der Waals surface area contributed by atoms with Crippen molar-refractivity contribution < 1.29 is 9.53 Å². The van der Waals surface area contributed by atoms with Crippen LogP contribution < -0.4 is 9.64 Å². The van der Waals surface area contributed by atoms with Crippen LogP contribution in [0.15, 0.2) is 84.9 Å². The molecule has 0 saturated heterocycles. The first-order chi connectivity index (χ1) is 14.2. The quantitative estimate of drug-likeness (QED) is 0.508. The van der Waals surface area contributed by atoms with Gasteiger partial charge in [-0.3, -0.25) is 4.79 Å². The minimum atomic E-state index is -0.320. The van der Waals surface area contributed by atoms with Gasteiger partial charge in [0.2, 0.25) is 0 Å². The van der Waals surface area contributed by atoms with Gasteiger partial charge < -0.3 is 9.64 Å². The first-order valence-electron chi connectivity index (χ1n) is 9.10. The van der Waals surface area contributed by atoms with Crippen molar-refractivity contribution in [2.75, 3.05) is 12.0 Å². The van der Waals surface area contributed by atoms with E-state index in [2.05, 4.69) is 15.4 Å². The van der Waals surface area contributed by atoms with Gasteiger partial charge in [-0.05, 0) is 47.2 Å². The molecule has 0 aliphatic carbocycles. The van der Waals surface area contributed by atoms with Crippen LogP contribution in [-0.4, -0.2) is 33.2 Å². The average molecular weight is 385 g/mol. The third kappa shape index (κ3) is 4.14. The molecule has 1 aromatic heterocycles. The summed E-state index contributed by atoms with van der Waals surface area (Å²) in [7, 11) is 1.60. The molecule has 7 heteroatoms. The molecule has 4 rings (SSSR count). The van der Waals surface area contributed by atoms with Crippen LogP contribution in [0.5, 0.6) is 5.75 Å². The number of amides is 1. The first kappa shape index (κ1) is 18.4. The van der Waals surface area contributed by atoms with Crippen molar-refractivity contribution in [1.29, 1.82) is 0 Å². The first-order valence-corrected chi connectivity index (χ1v) is 9.10. The Morgan fingerprint density at radius 3 is 2.24 bits per heavy atom. The molecule has 0 fully saturated rings. The number of nitrogens with zero attached hydrogens (tertiary/aromatic N) is 5. The molecule has 144 valence electrons. The van der Waals surface area contributed by atoms with Crippen LogP contribution in [0, 0.1) is 0 Å². The number of tetrazole rings is 1. The van der Waals surface area contributed by atoms with Crippen molar-refractivity contribution in [2.24, 2.45) is 0 Å². The van der Waals surface area contributed by atoms with Crippen molar-refractivity contribution in [3.8, 4) is 11.4 Å². The molecule has 0 aliphatic heterocycles. The maximum atomic E-state index is 13.2. The highest BCUT2D eigenvalue weighted by Gasteiger charge is 2.23. The number of benzene rings is 3. The van der Waals surface area contributed by atoms with Gasteiger partial charge in [-0.1, -0.05) is 48.5 Å². The van der Waals surface area contributed by atoms with E-state index in [-0.39, 0.29) is 11.7 Å². The topological polar surface area (TPSA) is 73.1 Å². The van der Waals surface area contributed by atoms with Gasteiger partial charge >= 0.3 is 0 Å². The third-order valence-corrected chi connectivity index (χ3v) is 4.40. The summed E-state index contributed by atoms with van der Waals surface area (Å²) in [4.78, 5) is 16.2. The van der Waals surface area contributed by atoms with Gasteiger partial charge in [0.1, 0.15) is 5.75 Å². The smallest absolute Gasteiger partial charge is 0.300 e. The van der Waals surface area contributed by atoms with Crippen molar-refractivity contribution >= 4 is 11.6 Å². The number of carbonyl (C=O) groups excluding carboxylic acids is 1. The number of ether oxygens (including phenoxy) is 1. The molecule has 29 heavy (non-hydrogen) atoms. The van der Waals surface area contributed by atoms with Gasteiger partial charge in [0.15, 0.2) is 0 Å². The Kier molecular flexibility index (Phi) is 5.29. The molecular formula is C22H19N5O2. The zero-order valence-corrected chi connectivity index (χ0v) is 15.8. The molecule has 4 aromatic rings.